The van der Waals surface area contributed by atoms with Crippen LogP contribution in [0, 0.1) is 0 Å². The number of nitrogens with zero attached hydrogens (tertiary/aromatic N) is 2. The standard InChI is InChI=1S/C13H16N4O3S/c1-3-20-11(18)10-8(2)16-12(19)17-9(10)7-21-13-14-5-4-6-15-13/h4-6,8H,3,7H2,1-2H3,(H2,16,17,19)/t8-/m1/s1. The van der Waals surface area contributed by atoms with Gasteiger partial charge in [-0.15, -0.1) is 0 Å². The topological polar surface area (TPSA) is 93.2 Å². The third-order valence-electron chi connectivity index (χ3n) is 2.75. The number of carbonyl (C=O) groups excluding carboxylic acids is 2. The zero-order chi connectivity index (χ0) is 15.2. The number of hydrogen-bond donors (Lipinski definition) is 2. The van der Waals surface area contributed by atoms with Gasteiger partial charge in [0.2, 0.25) is 0 Å². The number of hydrogen-bond acceptors (Lipinski definition) is 6. The molecule has 7 nitrogen and oxygen atoms in total. The van der Waals surface area contributed by atoms with Crippen molar-refractivity contribution in [3.8, 4) is 0 Å². The van der Waals surface area contributed by atoms with E-state index in [0.29, 0.717) is 22.2 Å². The normalized spacial score (nSPS) is 18.0. The Morgan fingerprint density at radius 1 is 1.43 bits per heavy atom. The fourth-order valence-corrected chi connectivity index (χ4v) is 2.66. The van der Waals surface area contributed by atoms with E-state index in [4.69, 9.17) is 4.74 Å². The van der Waals surface area contributed by atoms with Crippen LogP contribution in [0.1, 0.15) is 13.8 Å². The Bertz CT molecular complexity index is 562. The van der Waals surface area contributed by atoms with Crippen LogP contribution in [-0.2, 0) is 9.53 Å². The van der Waals surface area contributed by atoms with Crippen molar-refractivity contribution in [1.29, 1.82) is 0 Å². The van der Waals surface area contributed by atoms with E-state index in [9.17, 15) is 9.59 Å². The number of urea groups is 1. The van der Waals surface area contributed by atoms with Gasteiger partial charge >= 0.3 is 12.0 Å². The van der Waals surface area contributed by atoms with Gasteiger partial charge in [-0.25, -0.2) is 19.6 Å². The molecule has 1 aliphatic heterocycles. The van der Waals surface area contributed by atoms with Gasteiger partial charge in [-0.2, -0.15) is 0 Å². The van der Waals surface area contributed by atoms with E-state index in [1.165, 1.54) is 11.8 Å². The van der Waals surface area contributed by atoms with E-state index in [-0.39, 0.29) is 12.6 Å². The summed E-state index contributed by atoms with van der Waals surface area (Å²) in [4.78, 5) is 31.8. The van der Waals surface area contributed by atoms with E-state index in [1.807, 2.05) is 0 Å². The number of carbonyl (C=O) groups is 2. The van der Waals surface area contributed by atoms with E-state index >= 15 is 0 Å². The second-order valence-electron chi connectivity index (χ2n) is 4.25. The summed E-state index contributed by atoms with van der Waals surface area (Å²) in [7, 11) is 0. The van der Waals surface area contributed by atoms with Gasteiger partial charge in [0.15, 0.2) is 5.16 Å². The Labute approximate surface area is 126 Å². The van der Waals surface area contributed by atoms with Crippen LogP contribution < -0.4 is 10.6 Å². The third kappa shape index (κ3) is 3.94. The highest BCUT2D eigenvalue weighted by atomic mass is 32.2. The van der Waals surface area contributed by atoms with Crippen LogP contribution in [0.2, 0.25) is 0 Å². The molecule has 21 heavy (non-hydrogen) atoms. The molecule has 2 amide bonds. The molecule has 2 rings (SSSR count). The molecule has 0 radical (unpaired) electrons. The molecule has 0 fully saturated rings. The summed E-state index contributed by atoms with van der Waals surface area (Å²) >= 11 is 1.34. The Balaban J connectivity index is 2.18. The predicted octanol–water partition coefficient (Wildman–Crippen LogP) is 1.09. The van der Waals surface area contributed by atoms with Gasteiger partial charge < -0.3 is 15.4 Å². The second-order valence-corrected chi connectivity index (χ2v) is 5.20. The Kier molecular flexibility index (Phi) is 5.15. The molecule has 0 saturated carbocycles. The van der Waals surface area contributed by atoms with Crippen LogP contribution in [0.15, 0.2) is 34.9 Å². The van der Waals surface area contributed by atoms with Crippen molar-refractivity contribution < 1.29 is 14.3 Å². The largest absolute Gasteiger partial charge is 0.463 e. The number of amides is 2. The summed E-state index contributed by atoms with van der Waals surface area (Å²) in [6, 6.07) is 0.993. The molecule has 2 N–H and O–H groups in total. The second kappa shape index (κ2) is 7.07. The molecule has 0 spiro atoms. The summed E-state index contributed by atoms with van der Waals surface area (Å²) in [6.07, 6.45) is 3.28. The summed E-state index contributed by atoms with van der Waals surface area (Å²) in [5, 5.41) is 5.88. The first-order valence-electron chi connectivity index (χ1n) is 6.49. The molecule has 112 valence electrons. The molecule has 1 aromatic rings. The van der Waals surface area contributed by atoms with Crippen LogP contribution in [0.3, 0.4) is 0 Å². The van der Waals surface area contributed by atoms with Crippen molar-refractivity contribution in [2.24, 2.45) is 0 Å². The number of aromatic nitrogens is 2. The van der Waals surface area contributed by atoms with Crippen molar-refractivity contribution in [2.45, 2.75) is 25.0 Å². The minimum Gasteiger partial charge on any atom is -0.463 e. The lowest BCUT2D eigenvalue weighted by Gasteiger charge is -2.26. The maximum atomic E-state index is 12.0. The number of ether oxygens (including phenoxy) is 1. The molecular formula is C13H16N4O3S. The quantitative estimate of drug-likeness (QED) is 0.480. The molecule has 2 heterocycles. The highest BCUT2D eigenvalue weighted by molar-refractivity contribution is 7.99. The van der Waals surface area contributed by atoms with Crippen LogP contribution in [0.25, 0.3) is 0 Å². The van der Waals surface area contributed by atoms with E-state index in [1.54, 1.807) is 32.3 Å². The van der Waals surface area contributed by atoms with E-state index in [2.05, 4.69) is 20.6 Å². The SMILES string of the molecule is CCOC(=O)C1=C(CSc2ncccn2)NC(=O)N[C@@H]1C. The molecule has 0 unspecified atom stereocenters. The van der Waals surface area contributed by atoms with Crippen molar-refractivity contribution in [3.63, 3.8) is 0 Å². The average Bonchev–Trinajstić information content (AvgIpc) is 2.45. The Morgan fingerprint density at radius 3 is 2.81 bits per heavy atom. The van der Waals surface area contributed by atoms with Gasteiger partial charge in [-0.1, -0.05) is 11.8 Å². The first-order valence-corrected chi connectivity index (χ1v) is 7.48. The van der Waals surface area contributed by atoms with Gasteiger partial charge in [-0.05, 0) is 19.9 Å². The van der Waals surface area contributed by atoms with E-state index < -0.39 is 12.0 Å². The highest BCUT2D eigenvalue weighted by Gasteiger charge is 2.29. The lowest BCUT2D eigenvalue weighted by Crippen LogP contribution is -2.49. The molecule has 1 atom stereocenters. The van der Waals surface area contributed by atoms with Crippen LogP contribution in [-0.4, -0.2) is 40.4 Å². The number of rotatable bonds is 5. The average molecular weight is 308 g/mol. The van der Waals surface area contributed by atoms with Crippen LogP contribution >= 0.6 is 11.8 Å². The highest BCUT2D eigenvalue weighted by Crippen LogP contribution is 2.21. The summed E-state index contributed by atoms with van der Waals surface area (Å²) in [6.45, 7) is 3.77. The number of thioether (sulfide) groups is 1. The van der Waals surface area contributed by atoms with Gasteiger partial charge in [0.05, 0.1) is 18.2 Å². The Hall–Kier alpha value is -2.09. The lowest BCUT2D eigenvalue weighted by atomic mass is 10.1. The molecule has 1 aromatic heterocycles. The maximum absolute atomic E-state index is 12.0. The fourth-order valence-electron chi connectivity index (χ4n) is 1.89. The lowest BCUT2D eigenvalue weighted by molar-refractivity contribution is -0.138. The van der Waals surface area contributed by atoms with Crippen molar-refractivity contribution in [2.75, 3.05) is 12.4 Å². The summed E-state index contributed by atoms with van der Waals surface area (Å²) in [5.74, 6) is -0.0438. The van der Waals surface area contributed by atoms with Crippen LogP contribution in [0.4, 0.5) is 4.79 Å². The van der Waals surface area contributed by atoms with Gasteiger partial charge in [0.1, 0.15) is 0 Å². The molecule has 0 aromatic carbocycles. The smallest absolute Gasteiger partial charge is 0.337 e. The zero-order valence-corrected chi connectivity index (χ0v) is 12.6. The molecule has 0 saturated heterocycles. The number of nitrogens with one attached hydrogen (secondary N) is 2. The first kappa shape index (κ1) is 15.3. The van der Waals surface area contributed by atoms with Gasteiger partial charge in [0.25, 0.3) is 0 Å². The molecule has 1 aliphatic rings. The summed E-state index contributed by atoms with van der Waals surface area (Å²) in [5.41, 5.74) is 0.960. The first-order chi connectivity index (χ1) is 10.1. The molecule has 8 heteroatoms. The Morgan fingerprint density at radius 2 is 2.14 bits per heavy atom. The van der Waals surface area contributed by atoms with Crippen molar-refractivity contribution >= 4 is 23.8 Å². The van der Waals surface area contributed by atoms with Crippen molar-refractivity contribution in [3.05, 3.63) is 29.7 Å². The van der Waals surface area contributed by atoms with Crippen molar-refractivity contribution in [1.82, 2.24) is 20.6 Å². The molecule has 0 bridgehead atoms. The number of esters is 1. The maximum Gasteiger partial charge on any atom is 0.337 e. The summed E-state index contributed by atoms with van der Waals surface area (Å²) < 4.78 is 5.04. The monoisotopic (exact) mass is 308 g/mol. The van der Waals surface area contributed by atoms with Gasteiger partial charge in [-0.3, -0.25) is 0 Å². The zero-order valence-electron chi connectivity index (χ0n) is 11.8. The third-order valence-corrected chi connectivity index (χ3v) is 3.66. The molecule has 0 aliphatic carbocycles. The van der Waals surface area contributed by atoms with Gasteiger partial charge in [0, 0.05) is 23.8 Å². The van der Waals surface area contributed by atoms with E-state index in [0.717, 1.165) is 0 Å². The fraction of sp³-hybridized carbons (Fsp3) is 0.385. The predicted molar refractivity (Wildman–Crippen MR) is 77.5 cm³/mol. The van der Waals surface area contributed by atoms with Crippen LogP contribution in [0.5, 0.6) is 0 Å². The molecular weight excluding hydrogens is 292 g/mol. The minimum absolute atomic E-state index is 0.283. The minimum atomic E-state index is -0.429.